The Labute approximate surface area is 209 Å². The van der Waals surface area contributed by atoms with Crippen molar-refractivity contribution in [2.24, 2.45) is 5.41 Å². The van der Waals surface area contributed by atoms with Crippen LogP contribution < -0.4 is 0 Å². The number of rotatable bonds is 7. The van der Waals surface area contributed by atoms with E-state index < -0.39 is 0 Å². The predicted molar refractivity (Wildman–Crippen MR) is 149 cm³/mol. The lowest BCUT2D eigenvalue weighted by molar-refractivity contribution is 0.185. The number of aliphatic hydroxyl groups is 1. The smallest absolute Gasteiger partial charge is 0.0988 e. The van der Waals surface area contributed by atoms with E-state index >= 15 is 0 Å². The van der Waals surface area contributed by atoms with Gasteiger partial charge in [-0.15, -0.1) is 0 Å². The molecule has 0 atom stereocenters. The third-order valence-electron chi connectivity index (χ3n) is 7.61. The Hall–Kier alpha value is -3.14. The number of nitrogens with one attached hydrogen (secondary N) is 1. The maximum atomic E-state index is 10.3. The van der Waals surface area contributed by atoms with Crippen molar-refractivity contribution >= 4 is 27.9 Å². The molecule has 1 aliphatic rings. The third-order valence-corrected chi connectivity index (χ3v) is 7.61. The summed E-state index contributed by atoms with van der Waals surface area (Å²) in [6, 6.07) is 8.76. The fraction of sp³-hybridized carbons (Fsp3) is 0.419. The summed E-state index contributed by atoms with van der Waals surface area (Å²) in [7, 11) is 0. The van der Waals surface area contributed by atoms with E-state index in [1.54, 1.807) is 20.0 Å². The van der Waals surface area contributed by atoms with Crippen molar-refractivity contribution in [2.75, 3.05) is 0 Å². The van der Waals surface area contributed by atoms with Crippen LogP contribution >= 0.6 is 0 Å². The van der Waals surface area contributed by atoms with Gasteiger partial charge in [0.05, 0.1) is 16.8 Å². The number of aliphatic hydroxyl groups excluding tert-OH is 1. The quantitative estimate of drug-likeness (QED) is 0.269. The first-order chi connectivity index (χ1) is 16.6. The van der Waals surface area contributed by atoms with Gasteiger partial charge in [-0.05, 0) is 68.2 Å². The molecule has 4 heteroatoms. The number of pyridine rings is 1. The second-order valence-corrected chi connectivity index (χ2v) is 10.7. The van der Waals surface area contributed by atoms with E-state index in [9.17, 15) is 5.11 Å². The van der Waals surface area contributed by atoms with Gasteiger partial charge in [0.25, 0.3) is 0 Å². The molecule has 0 bridgehead atoms. The van der Waals surface area contributed by atoms with Crippen LogP contribution in [0.15, 0.2) is 49.0 Å². The molecule has 2 N–H and O–H groups in total. The van der Waals surface area contributed by atoms with Crippen LogP contribution in [0.5, 0.6) is 0 Å². The van der Waals surface area contributed by atoms with E-state index in [0.717, 1.165) is 40.7 Å². The minimum atomic E-state index is 0.152. The number of nitrogens with zero attached hydrogens (tertiary/aromatic N) is 2. The largest absolute Gasteiger partial charge is 0.512 e. The Bertz CT molecular complexity index is 1310. The van der Waals surface area contributed by atoms with Gasteiger partial charge in [0.1, 0.15) is 0 Å². The van der Waals surface area contributed by atoms with Crippen molar-refractivity contribution in [2.45, 2.75) is 79.7 Å². The molecule has 1 fully saturated rings. The Morgan fingerprint density at radius 3 is 2.46 bits per heavy atom. The summed E-state index contributed by atoms with van der Waals surface area (Å²) in [5.74, 6) is 0.152. The maximum absolute atomic E-state index is 10.3. The van der Waals surface area contributed by atoms with Crippen molar-refractivity contribution < 1.29 is 5.11 Å². The first-order valence-corrected chi connectivity index (χ1v) is 12.9. The van der Waals surface area contributed by atoms with Crippen molar-refractivity contribution in [3.05, 3.63) is 65.7 Å². The van der Waals surface area contributed by atoms with Gasteiger partial charge >= 0.3 is 0 Å². The van der Waals surface area contributed by atoms with Crippen LogP contribution in [0.1, 0.15) is 83.4 Å². The lowest BCUT2D eigenvalue weighted by atomic mass is 9.75. The zero-order valence-corrected chi connectivity index (χ0v) is 22.0. The SMILES string of the molecule is C=C(C)c1ccc(-c2cn(CC3(C)CCCCC3)c3cc(/C(C(C)=N)=C(\C)O)cnc23)cc1CC. The number of hydrogen-bond acceptors (Lipinski definition) is 3. The molecule has 35 heavy (non-hydrogen) atoms. The molecule has 0 amide bonds. The molecular formula is C31H39N3O. The highest BCUT2D eigenvalue weighted by Gasteiger charge is 2.28. The minimum absolute atomic E-state index is 0.152. The first kappa shape index (κ1) is 25.0. The van der Waals surface area contributed by atoms with E-state index in [2.05, 4.69) is 62.4 Å². The van der Waals surface area contributed by atoms with E-state index in [1.165, 1.54) is 48.8 Å². The Morgan fingerprint density at radius 1 is 1.14 bits per heavy atom. The summed E-state index contributed by atoms with van der Waals surface area (Å²) in [5.41, 5.74) is 9.88. The highest BCUT2D eigenvalue weighted by atomic mass is 16.3. The molecule has 1 aromatic carbocycles. The number of fused-ring (bicyclic) bond motifs is 1. The van der Waals surface area contributed by atoms with E-state index in [4.69, 9.17) is 10.4 Å². The lowest BCUT2D eigenvalue weighted by Gasteiger charge is -2.34. The molecule has 2 heterocycles. The Kier molecular flexibility index (Phi) is 7.02. The molecule has 4 nitrogen and oxygen atoms in total. The monoisotopic (exact) mass is 469 g/mol. The van der Waals surface area contributed by atoms with Crippen LogP contribution in [-0.2, 0) is 13.0 Å². The number of aromatic nitrogens is 2. The molecule has 1 saturated carbocycles. The zero-order valence-electron chi connectivity index (χ0n) is 22.0. The van der Waals surface area contributed by atoms with Gasteiger partial charge in [-0.3, -0.25) is 4.98 Å². The highest BCUT2D eigenvalue weighted by molar-refractivity contribution is 6.22. The Balaban J connectivity index is 1.91. The topological polar surface area (TPSA) is 61.9 Å². The summed E-state index contributed by atoms with van der Waals surface area (Å²) in [6.07, 6.45) is 11.4. The van der Waals surface area contributed by atoms with Gasteiger partial charge in [-0.25, -0.2) is 0 Å². The third kappa shape index (κ3) is 4.98. The number of allylic oxidation sites excluding steroid dienone is 3. The summed E-state index contributed by atoms with van der Waals surface area (Å²) in [4.78, 5) is 4.91. The molecule has 0 aliphatic heterocycles. The second kappa shape index (κ2) is 9.85. The van der Waals surface area contributed by atoms with Crippen molar-refractivity contribution in [3.63, 3.8) is 0 Å². The van der Waals surface area contributed by atoms with Gasteiger partial charge in [0.2, 0.25) is 0 Å². The van der Waals surface area contributed by atoms with Gasteiger partial charge in [0, 0.05) is 41.4 Å². The van der Waals surface area contributed by atoms with Crippen LogP contribution in [0.3, 0.4) is 0 Å². The van der Waals surface area contributed by atoms with Crippen LogP contribution in [0, 0.1) is 10.8 Å². The molecule has 2 aromatic heterocycles. The average molecular weight is 470 g/mol. The molecular weight excluding hydrogens is 430 g/mol. The number of aryl methyl sites for hydroxylation is 1. The summed E-state index contributed by atoms with van der Waals surface area (Å²) in [5, 5.41) is 18.5. The summed E-state index contributed by atoms with van der Waals surface area (Å²) >= 11 is 0. The van der Waals surface area contributed by atoms with E-state index in [0.29, 0.717) is 11.3 Å². The van der Waals surface area contributed by atoms with Gasteiger partial charge in [0.15, 0.2) is 0 Å². The molecule has 1 aliphatic carbocycles. The van der Waals surface area contributed by atoms with Crippen molar-refractivity contribution in [3.8, 4) is 11.1 Å². The highest BCUT2D eigenvalue weighted by Crippen LogP contribution is 2.40. The molecule has 3 aromatic rings. The van der Waals surface area contributed by atoms with E-state index in [-0.39, 0.29) is 11.2 Å². The normalized spacial score (nSPS) is 16.3. The van der Waals surface area contributed by atoms with Gasteiger partial charge < -0.3 is 15.1 Å². The number of benzene rings is 1. The molecule has 4 rings (SSSR count). The fourth-order valence-corrected chi connectivity index (χ4v) is 5.79. The van der Waals surface area contributed by atoms with Gasteiger partial charge in [-0.1, -0.05) is 63.5 Å². The number of hydrogen-bond donors (Lipinski definition) is 2. The zero-order chi connectivity index (χ0) is 25.3. The first-order valence-electron chi connectivity index (χ1n) is 12.9. The second-order valence-electron chi connectivity index (χ2n) is 10.7. The van der Waals surface area contributed by atoms with Crippen LogP contribution in [0.4, 0.5) is 0 Å². The molecule has 0 saturated heterocycles. The standard InChI is InChI=1S/C31H39N3O/c1-7-23-15-24(11-12-26(23)20(2)3)27-18-34(19-31(6)13-9-8-10-14-31)28-16-25(17-33-30(27)28)29(21(4)32)22(5)35/h11-12,15-18,32,35H,2,7-10,13-14,19H2,1,3-6H3/b29-22+,32-21?. The molecule has 184 valence electrons. The fourth-order valence-electron chi connectivity index (χ4n) is 5.79. The van der Waals surface area contributed by atoms with Crippen LogP contribution in [-0.4, -0.2) is 20.4 Å². The van der Waals surface area contributed by atoms with Crippen LogP contribution in [0.2, 0.25) is 0 Å². The summed E-state index contributed by atoms with van der Waals surface area (Å²) in [6.45, 7) is 15.1. The van der Waals surface area contributed by atoms with Crippen molar-refractivity contribution in [1.82, 2.24) is 9.55 Å². The average Bonchev–Trinajstić information content (AvgIpc) is 3.15. The maximum Gasteiger partial charge on any atom is 0.0988 e. The Morgan fingerprint density at radius 2 is 1.86 bits per heavy atom. The molecule has 0 spiro atoms. The van der Waals surface area contributed by atoms with Gasteiger partial charge in [-0.2, -0.15) is 0 Å². The molecule has 0 radical (unpaired) electrons. The van der Waals surface area contributed by atoms with E-state index in [1.807, 2.05) is 0 Å². The predicted octanol–water partition coefficient (Wildman–Crippen LogP) is 8.60. The molecule has 0 unspecified atom stereocenters. The van der Waals surface area contributed by atoms with Crippen molar-refractivity contribution in [1.29, 1.82) is 5.41 Å². The van der Waals surface area contributed by atoms with Crippen LogP contribution in [0.25, 0.3) is 33.3 Å². The lowest BCUT2D eigenvalue weighted by Crippen LogP contribution is -2.25. The summed E-state index contributed by atoms with van der Waals surface area (Å²) < 4.78 is 2.37. The minimum Gasteiger partial charge on any atom is -0.512 e.